The topological polar surface area (TPSA) is 58.2 Å². The fourth-order valence-electron chi connectivity index (χ4n) is 2.51. The third kappa shape index (κ3) is 4.36. The summed E-state index contributed by atoms with van der Waals surface area (Å²) in [5.41, 5.74) is 1.31. The first-order valence-corrected chi connectivity index (χ1v) is 9.66. The van der Waals surface area contributed by atoms with Crippen LogP contribution < -0.4 is 0 Å². The number of aromatic amines is 1. The van der Waals surface area contributed by atoms with E-state index in [0.717, 1.165) is 15.4 Å². The lowest BCUT2D eigenvalue weighted by molar-refractivity contribution is 0.0676. The van der Waals surface area contributed by atoms with Gasteiger partial charge in [-0.15, -0.1) is 22.7 Å². The summed E-state index contributed by atoms with van der Waals surface area (Å²) < 4.78 is 5.16. The Bertz CT molecular complexity index is 850. The number of nitrogens with zero attached hydrogens (tertiary/aromatic N) is 2. The van der Waals surface area contributed by atoms with Crippen molar-refractivity contribution in [2.75, 3.05) is 20.3 Å². The van der Waals surface area contributed by atoms with E-state index in [-0.39, 0.29) is 5.91 Å². The summed E-state index contributed by atoms with van der Waals surface area (Å²) >= 11 is 3.38. The molecule has 0 aliphatic rings. The van der Waals surface area contributed by atoms with Crippen LogP contribution in [0.3, 0.4) is 0 Å². The first-order chi connectivity index (χ1) is 12.1. The standard InChI is InChI=1S/C18H21N3O2S2/c1-12-4-6-14(24-12)11-21(8-9-23-3)18(22)16-10-15(19-20-16)17-7-5-13(2)25-17/h4-7,10H,8-9,11H2,1-3H3,(H,19,20). The van der Waals surface area contributed by atoms with Crippen molar-refractivity contribution in [1.82, 2.24) is 15.1 Å². The zero-order valence-electron chi connectivity index (χ0n) is 14.5. The molecule has 25 heavy (non-hydrogen) atoms. The fraction of sp³-hybridized carbons (Fsp3) is 0.333. The lowest BCUT2D eigenvalue weighted by Gasteiger charge is -2.20. The largest absolute Gasteiger partial charge is 0.383 e. The minimum absolute atomic E-state index is 0.0844. The summed E-state index contributed by atoms with van der Waals surface area (Å²) in [6, 6.07) is 10.1. The number of carbonyl (C=O) groups excluding carboxylic acids is 1. The van der Waals surface area contributed by atoms with Gasteiger partial charge in [0.15, 0.2) is 5.69 Å². The third-order valence-electron chi connectivity index (χ3n) is 3.80. The zero-order valence-corrected chi connectivity index (χ0v) is 16.2. The molecular formula is C18H21N3O2S2. The van der Waals surface area contributed by atoms with Crippen molar-refractivity contribution in [3.63, 3.8) is 0 Å². The first kappa shape index (κ1) is 17.8. The molecule has 0 saturated heterocycles. The molecule has 0 spiro atoms. The van der Waals surface area contributed by atoms with Crippen molar-refractivity contribution in [3.8, 4) is 10.6 Å². The van der Waals surface area contributed by atoms with Gasteiger partial charge in [0.2, 0.25) is 0 Å². The van der Waals surface area contributed by atoms with E-state index in [1.165, 1.54) is 9.75 Å². The highest BCUT2D eigenvalue weighted by Crippen LogP contribution is 2.27. The number of carbonyl (C=O) groups is 1. The van der Waals surface area contributed by atoms with Gasteiger partial charge < -0.3 is 9.64 Å². The van der Waals surface area contributed by atoms with E-state index < -0.39 is 0 Å². The highest BCUT2D eigenvalue weighted by atomic mass is 32.1. The van der Waals surface area contributed by atoms with E-state index in [0.29, 0.717) is 25.4 Å². The molecular weight excluding hydrogens is 354 g/mol. The molecule has 132 valence electrons. The van der Waals surface area contributed by atoms with Gasteiger partial charge in [0.1, 0.15) is 0 Å². The van der Waals surface area contributed by atoms with Crippen LogP contribution in [0.2, 0.25) is 0 Å². The summed E-state index contributed by atoms with van der Waals surface area (Å²) in [5.74, 6) is -0.0844. The Morgan fingerprint density at radius 3 is 2.60 bits per heavy atom. The Morgan fingerprint density at radius 1 is 1.20 bits per heavy atom. The number of thiophene rings is 2. The lowest BCUT2D eigenvalue weighted by Crippen LogP contribution is -2.33. The van der Waals surface area contributed by atoms with E-state index in [9.17, 15) is 4.79 Å². The Labute approximate surface area is 155 Å². The molecule has 7 heteroatoms. The number of hydrogen-bond acceptors (Lipinski definition) is 5. The van der Waals surface area contributed by atoms with Crippen LogP contribution in [0, 0.1) is 13.8 Å². The molecule has 3 aromatic heterocycles. The molecule has 3 rings (SSSR count). The van der Waals surface area contributed by atoms with Crippen LogP contribution in [0.4, 0.5) is 0 Å². The molecule has 5 nitrogen and oxygen atoms in total. The van der Waals surface area contributed by atoms with E-state index in [1.54, 1.807) is 34.7 Å². The Morgan fingerprint density at radius 2 is 1.96 bits per heavy atom. The second-order valence-corrected chi connectivity index (χ2v) is 8.47. The van der Waals surface area contributed by atoms with E-state index in [4.69, 9.17) is 4.74 Å². The Balaban J connectivity index is 1.78. The molecule has 0 bridgehead atoms. The fourth-order valence-corrected chi connectivity index (χ4v) is 4.25. The molecule has 3 heterocycles. The number of H-pyrrole nitrogens is 1. The summed E-state index contributed by atoms with van der Waals surface area (Å²) in [7, 11) is 1.64. The summed E-state index contributed by atoms with van der Waals surface area (Å²) in [6.07, 6.45) is 0. The van der Waals surface area contributed by atoms with E-state index in [1.807, 2.05) is 12.1 Å². The number of rotatable bonds is 7. The minimum Gasteiger partial charge on any atom is -0.383 e. The molecule has 0 fully saturated rings. The highest BCUT2D eigenvalue weighted by Gasteiger charge is 2.20. The third-order valence-corrected chi connectivity index (χ3v) is 5.82. The summed E-state index contributed by atoms with van der Waals surface area (Å²) in [6.45, 7) is 5.73. The first-order valence-electron chi connectivity index (χ1n) is 8.02. The maximum absolute atomic E-state index is 12.9. The van der Waals surface area contributed by atoms with Gasteiger partial charge in [-0.25, -0.2) is 0 Å². The molecule has 0 atom stereocenters. The van der Waals surface area contributed by atoms with Crippen LogP contribution in [-0.4, -0.2) is 41.3 Å². The number of ether oxygens (including phenoxy) is 1. The van der Waals surface area contributed by atoms with Gasteiger partial charge in [0, 0.05) is 28.3 Å². The van der Waals surface area contributed by atoms with Gasteiger partial charge in [-0.3, -0.25) is 9.89 Å². The number of hydrogen-bond donors (Lipinski definition) is 1. The number of aryl methyl sites for hydroxylation is 2. The number of methoxy groups -OCH3 is 1. The summed E-state index contributed by atoms with van der Waals surface area (Å²) in [4.78, 5) is 19.4. The molecule has 3 aromatic rings. The second kappa shape index (κ2) is 7.95. The van der Waals surface area contributed by atoms with Crippen molar-refractivity contribution < 1.29 is 9.53 Å². The van der Waals surface area contributed by atoms with Gasteiger partial charge in [0.05, 0.1) is 23.7 Å². The van der Waals surface area contributed by atoms with Crippen LogP contribution in [0.1, 0.15) is 25.1 Å². The van der Waals surface area contributed by atoms with Crippen LogP contribution >= 0.6 is 22.7 Å². The average Bonchev–Trinajstić information content (AvgIpc) is 3.31. The van der Waals surface area contributed by atoms with Crippen LogP contribution in [0.25, 0.3) is 10.6 Å². The molecule has 0 saturated carbocycles. The number of aromatic nitrogens is 2. The lowest BCUT2D eigenvalue weighted by atomic mass is 10.2. The Hall–Kier alpha value is -1.96. The van der Waals surface area contributed by atoms with Crippen LogP contribution in [0.15, 0.2) is 30.3 Å². The van der Waals surface area contributed by atoms with Crippen molar-refractivity contribution in [1.29, 1.82) is 0 Å². The maximum Gasteiger partial charge on any atom is 0.274 e. The molecule has 0 aromatic carbocycles. The highest BCUT2D eigenvalue weighted by molar-refractivity contribution is 7.15. The monoisotopic (exact) mass is 375 g/mol. The van der Waals surface area contributed by atoms with Crippen molar-refractivity contribution in [3.05, 3.63) is 50.7 Å². The van der Waals surface area contributed by atoms with Crippen molar-refractivity contribution >= 4 is 28.6 Å². The van der Waals surface area contributed by atoms with Crippen molar-refractivity contribution in [2.24, 2.45) is 0 Å². The van der Waals surface area contributed by atoms with Gasteiger partial charge in [-0.05, 0) is 44.2 Å². The predicted octanol–water partition coefficient (Wildman–Crippen LogP) is 4.11. The zero-order chi connectivity index (χ0) is 17.8. The predicted molar refractivity (Wildman–Crippen MR) is 102 cm³/mol. The molecule has 0 radical (unpaired) electrons. The average molecular weight is 376 g/mol. The molecule has 1 N–H and O–H groups in total. The molecule has 0 aliphatic heterocycles. The molecule has 1 amide bonds. The Kier molecular flexibility index (Phi) is 5.67. The van der Waals surface area contributed by atoms with Gasteiger partial charge >= 0.3 is 0 Å². The quantitative estimate of drug-likeness (QED) is 0.676. The van der Waals surface area contributed by atoms with E-state index >= 15 is 0 Å². The number of amides is 1. The van der Waals surface area contributed by atoms with Gasteiger partial charge in [0.25, 0.3) is 5.91 Å². The van der Waals surface area contributed by atoms with Gasteiger partial charge in [-0.2, -0.15) is 5.10 Å². The second-order valence-electron chi connectivity index (χ2n) is 5.81. The normalized spacial score (nSPS) is 11.0. The summed E-state index contributed by atoms with van der Waals surface area (Å²) in [5, 5.41) is 7.21. The van der Waals surface area contributed by atoms with Gasteiger partial charge in [-0.1, -0.05) is 0 Å². The van der Waals surface area contributed by atoms with Crippen molar-refractivity contribution in [2.45, 2.75) is 20.4 Å². The maximum atomic E-state index is 12.9. The SMILES string of the molecule is COCCN(Cc1ccc(C)s1)C(=O)c1cc(-c2ccc(C)s2)[nH]n1. The van der Waals surface area contributed by atoms with Crippen LogP contribution in [-0.2, 0) is 11.3 Å². The number of nitrogens with one attached hydrogen (secondary N) is 1. The minimum atomic E-state index is -0.0844. The molecule has 0 aliphatic carbocycles. The smallest absolute Gasteiger partial charge is 0.274 e. The van der Waals surface area contributed by atoms with E-state index in [2.05, 4.69) is 42.2 Å². The van der Waals surface area contributed by atoms with Crippen LogP contribution in [0.5, 0.6) is 0 Å². The molecule has 0 unspecified atom stereocenters.